The van der Waals surface area contributed by atoms with Crippen molar-refractivity contribution in [2.24, 2.45) is 0 Å². The van der Waals surface area contributed by atoms with E-state index < -0.39 is 38.3 Å². The highest BCUT2D eigenvalue weighted by molar-refractivity contribution is 6.05. The standard InChI is InChI=1S/C12H12O9.C3H8/c13-4-19-10(16)7-1-2-8(11(17)20-5-14)9(3-7)12(18)21-6-15;1-3-2/h1-3,13-15H,4-6H2;3H2,1-2H3. The molecule has 1 aromatic rings. The number of esters is 3. The quantitative estimate of drug-likeness (QED) is 0.380. The van der Waals surface area contributed by atoms with E-state index in [2.05, 4.69) is 28.1 Å². The van der Waals surface area contributed by atoms with Crippen LogP contribution < -0.4 is 0 Å². The summed E-state index contributed by atoms with van der Waals surface area (Å²) in [5.74, 6) is -3.04. The minimum atomic E-state index is -1.08. The molecule has 1 rings (SSSR count). The predicted octanol–water partition coefficient (Wildman–Crippen LogP) is 0.423. The average molecular weight is 344 g/mol. The van der Waals surface area contributed by atoms with Crippen LogP contribution in [0.3, 0.4) is 0 Å². The molecule has 0 saturated heterocycles. The number of rotatable bonds is 6. The van der Waals surface area contributed by atoms with Gasteiger partial charge in [-0.05, 0) is 18.2 Å². The normalized spacial score (nSPS) is 9.38. The Bertz CT molecular complexity index is 554. The minimum Gasteiger partial charge on any atom is -0.435 e. The smallest absolute Gasteiger partial charge is 0.341 e. The third-order valence-corrected chi connectivity index (χ3v) is 2.28. The number of carbonyl (C=O) groups excluding carboxylic acids is 3. The molecule has 1 aromatic carbocycles. The van der Waals surface area contributed by atoms with Gasteiger partial charge in [0.15, 0.2) is 20.4 Å². The Labute approximate surface area is 138 Å². The molecule has 0 heterocycles. The van der Waals surface area contributed by atoms with E-state index in [4.69, 9.17) is 15.3 Å². The Morgan fingerprint density at radius 1 is 0.792 bits per heavy atom. The summed E-state index contributed by atoms with van der Waals surface area (Å²) in [6.07, 6.45) is 1.25. The number of hydrogen-bond acceptors (Lipinski definition) is 9. The number of ether oxygens (including phenoxy) is 3. The fraction of sp³-hybridized carbons (Fsp3) is 0.400. The summed E-state index contributed by atoms with van der Waals surface area (Å²) in [6, 6.07) is 3.21. The van der Waals surface area contributed by atoms with E-state index in [1.807, 2.05) is 0 Å². The van der Waals surface area contributed by atoms with Crippen LogP contribution in [0.15, 0.2) is 18.2 Å². The zero-order chi connectivity index (χ0) is 18.5. The first-order valence-electron chi connectivity index (χ1n) is 6.94. The van der Waals surface area contributed by atoms with Gasteiger partial charge in [-0.3, -0.25) is 0 Å². The monoisotopic (exact) mass is 344 g/mol. The number of carbonyl (C=O) groups is 3. The molecule has 24 heavy (non-hydrogen) atoms. The van der Waals surface area contributed by atoms with Gasteiger partial charge >= 0.3 is 17.9 Å². The van der Waals surface area contributed by atoms with Crippen LogP contribution in [-0.2, 0) is 14.2 Å². The van der Waals surface area contributed by atoms with Gasteiger partial charge in [-0.2, -0.15) is 0 Å². The second-order valence-corrected chi connectivity index (χ2v) is 4.15. The van der Waals surface area contributed by atoms with Crippen LogP contribution in [0.2, 0.25) is 0 Å². The summed E-state index contributed by atoms with van der Waals surface area (Å²) in [5.41, 5.74) is -0.771. The van der Waals surface area contributed by atoms with Crippen LogP contribution in [0.1, 0.15) is 51.3 Å². The molecule has 0 aromatic heterocycles. The van der Waals surface area contributed by atoms with Gasteiger partial charge in [-0.25, -0.2) is 14.4 Å². The first-order valence-corrected chi connectivity index (χ1v) is 6.94. The van der Waals surface area contributed by atoms with E-state index in [1.165, 1.54) is 6.42 Å². The molecule has 0 amide bonds. The number of benzene rings is 1. The second kappa shape index (κ2) is 12.0. The van der Waals surface area contributed by atoms with Gasteiger partial charge in [0.1, 0.15) is 0 Å². The Balaban J connectivity index is 0.00000163. The SMILES string of the molecule is CCC.O=C(OCO)c1ccc(C(=O)OCO)c(C(=O)OCO)c1. The van der Waals surface area contributed by atoms with Gasteiger partial charge in [0.25, 0.3) is 0 Å². The van der Waals surface area contributed by atoms with E-state index in [0.717, 1.165) is 18.2 Å². The van der Waals surface area contributed by atoms with Crippen molar-refractivity contribution in [2.45, 2.75) is 20.3 Å². The van der Waals surface area contributed by atoms with Crippen LogP contribution in [-0.4, -0.2) is 53.6 Å². The van der Waals surface area contributed by atoms with Gasteiger partial charge in [0.05, 0.1) is 16.7 Å². The Hall–Kier alpha value is -2.49. The van der Waals surface area contributed by atoms with E-state index in [0.29, 0.717) is 0 Å². The maximum Gasteiger partial charge on any atom is 0.341 e. The van der Waals surface area contributed by atoms with Gasteiger partial charge in [-0.1, -0.05) is 20.3 Å². The van der Waals surface area contributed by atoms with E-state index in [1.54, 1.807) is 0 Å². The molecule has 0 bridgehead atoms. The summed E-state index contributed by atoms with van der Waals surface area (Å²) in [6.45, 7) is 1.56. The van der Waals surface area contributed by atoms with Crippen LogP contribution in [0.4, 0.5) is 0 Å². The Morgan fingerprint density at radius 2 is 1.21 bits per heavy atom. The second-order valence-electron chi connectivity index (χ2n) is 4.15. The summed E-state index contributed by atoms with van der Waals surface area (Å²) >= 11 is 0. The molecule has 0 aliphatic heterocycles. The number of aliphatic hydroxyl groups is 3. The summed E-state index contributed by atoms with van der Waals surface area (Å²) in [4.78, 5) is 34.7. The first-order chi connectivity index (χ1) is 11.5. The molecule has 134 valence electrons. The molecule has 9 heteroatoms. The summed E-state index contributed by atoms with van der Waals surface area (Å²) in [7, 11) is 0. The lowest BCUT2D eigenvalue weighted by Gasteiger charge is -2.09. The molecular formula is C15H20O9. The molecule has 0 fully saturated rings. The van der Waals surface area contributed by atoms with Crippen LogP contribution in [0.25, 0.3) is 0 Å². The summed E-state index contributed by atoms with van der Waals surface area (Å²) in [5, 5.41) is 25.6. The zero-order valence-corrected chi connectivity index (χ0v) is 13.4. The van der Waals surface area contributed by atoms with Crippen molar-refractivity contribution < 1.29 is 43.9 Å². The van der Waals surface area contributed by atoms with Crippen LogP contribution >= 0.6 is 0 Å². The lowest BCUT2D eigenvalue weighted by molar-refractivity contribution is 0.00204. The molecule has 0 aliphatic carbocycles. The Kier molecular flexibility index (Phi) is 10.8. The molecule has 3 N–H and O–H groups in total. The fourth-order valence-electron chi connectivity index (χ4n) is 1.43. The lowest BCUT2D eigenvalue weighted by Crippen LogP contribution is -2.16. The van der Waals surface area contributed by atoms with E-state index in [9.17, 15) is 14.4 Å². The molecule has 0 saturated carbocycles. The molecule has 0 spiro atoms. The van der Waals surface area contributed by atoms with Gasteiger partial charge in [-0.15, -0.1) is 0 Å². The maximum absolute atomic E-state index is 11.7. The fourth-order valence-corrected chi connectivity index (χ4v) is 1.43. The molecule has 0 aliphatic rings. The highest BCUT2D eigenvalue weighted by Gasteiger charge is 2.22. The molecular weight excluding hydrogens is 324 g/mol. The van der Waals surface area contributed by atoms with Crippen molar-refractivity contribution in [3.8, 4) is 0 Å². The molecule has 0 unspecified atom stereocenters. The van der Waals surface area contributed by atoms with Crippen molar-refractivity contribution in [3.05, 3.63) is 34.9 Å². The minimum absolute atomic E-state index is 0.130. The maximum atomic E-state index is 11.7. The highest BCUT2D eigenvalue weighted by atomic mass is 16.6. The largest absolute Gasteiger partial charge is 0.435 e. The third kappa shape index (κ3) is 6.73. The highest BCUT2D eigenvalue weighted by Crippen LogP contribution is 2.16. The zero-order valence-electron chi connectivity index (χ0n) is 13.4. The van der Waals surface area contributed by atoms with Crippen LogP contribution in [0, 0.1) is 0 Å². The predicted molar refractivity (Wildman–Crippen MR) is 79.9 cm³/mol. The van der Waals surface area contributed by atoms with Gasteiger partial charge in [0, 0.05) is 0 Å². The topological polar surface area (TPSA) is 140 Å². The van der Waals surface area contributed by atoms with Gasteiger partial charge in [0.2, 0.25) is 0 Å². The lowest BCUT2D eigenvalue weighted by atomic mass is 10.0. The molecule has 0 radical (unpaired) electrons. The van der Waals surface area contributed by atoms with E-state index >= 15 is 0 Å². The number of hydrogen-bond donors (Lipinski definition) is 3. The Morgan fingerprint density at radius 3 is 1.67 bits per heavy atom. The molecule has 0 atom stereocenters. The van der Waals surface area contributed by atoms with Crippen molar-refractivity contribution >= 4 is 17.9 Å². The van der Waals surface area contributed by atoms with Crippen molar-refractivity contribution in [1.82, 2.24) is 0 Å². The van der Waals surface area contributed by atoms with Crippen molar-refractivity contribution in [1.29, 1.82) is 0 Å². The summed E-state index contributed by atoms with van der Waals surface area (Å²) < 4.78 is 13.0. The van der Waals surface area contributed by atoms with Crippen molar-refractivity contribution in [3.63, 3.8) is 0 Å². The van der Waals surface area contributed by atoms with Crippen LogP contribution in [0.5, 0.6) is 0 Å². The first kappa shape index (κ1) is 21.5. The third-order valence-electron chi connectivity index (χ3n) is 2.28. The average Bonchev–Trinajstić information content (AvgIpc) is 2.55. The number of aliphatic hydroxyl groups excluding tert-OH is 3. The molecule has 9 nitrogen and oxygen atoms in total. The van der Waals surface area contributed by atoms with Gasteiger partial charge < -0.3 is 29.5 Å². The van der Waals surface area contributed by atoms with Crippen molar-refractivity contribution in [2.75, 3.05) is 20.4 Å². The van der Waals surface area contributed by atoms with E-state index in [-0.39, 0.29) is 16.7 Å².